The normalized spacial score (nSPS) is 12.6. The summed E-state index contributed by atoms with van der Waals surface area (Å²) in [4.78, 5) is 4.48. The second-order valence-corrected chi connectivity index (χ2v) is 5.81. The van der Waals surface area contributed by atoms with Gasteiger partial charge in [-0.25, -0.2) is 0 Å². The third-order valence-electron chi connectivity index (χ3n) is 3.36. The summed E-state index contributed by atoms with van der Waals surface area (Å²) in [6.45, 7) is 4.23. The highest BCUT2D eigenvalue weighted by atomic mass is 79.9. The molecule has 1 aromatic heterocycles. The number of aromatic nitrogens is 2. The Morgan fingerprint density at radius 3 is 2.85 bits per heavy atom. The van der Waals surface area contributed by atoms with Crippen LogP contribution in [0.5, 0.6) is 0 Å². The molecule has 0 spiro atoms. The second kappa shape index (κ2) is 6.99. The number of nitrogens with zero attached hydrogens (tertiary/aromatic N) is 2. The number of benzene rings is 1. The maximum absolute atomic E-state index is 5.35. The molecule has 5 heteroatoms. The van der Waals surface area contributed by atoms with Crippen LogP contribution in [0.15, 0.2) is 27.2 Å². The Kier molecular flexibility index (Phi) is 5.31. The van der Waals surface area contributed by atoms with Gasteiger partial charge < -0.3 is 9.84 Å². The zero-order valence-electron chi connectivity index (χ0n) is 12.1. The van der Waals surface area contributed by atoms with E-state index in [1.165, 1.54) is 5.56 Å². The standard InChI is InChI=1S/C15H20BrN3O/c1-4-5-12(17-3)9-14-18-15(19-20-14)11-7-6-10(2)13(16)8-11/h6-8,12,17H,4-5,9H2,1-3H3. The van der Waals surface area contributed by atoms with Crippen molar-refractivity contribution >= 4 is 15.9 Å². The molecular formula is C15H20BrN3O. The molecule has 2 rings (SSSR count). The van der Waals surface area contributed by atoms with E-state index in [9.17, 15) is 0 Å². The van der Waals surface area contributed by atoms with E-state index in [0.717, 1.165) is 29.3 Å². The molecule has 0 amide bonds. The lowest BCUT2D eigenvalue weighted by atomic mass is 10.1. The van der Waals surface area contributed by atoms with E-state index in [0.29, 0.717) is 17.8 Å². The molecule has 2 aromatic rings. The van der Waals surface area contributed by atoms with Gasteiger partial charge in [0.15, 0.2) is 0 Å². The second-order valence-electron chi connectivity index (χ2n) is 4.95. The SMILES string of the molecule is CCCC(Cc1nc(-c2ccc(C)c(Br)c2)no1)NC. The average Bonchev–Trinajstić information content (AvgIpc) is 2.90. The lowest BCUT2D eigenvalue weighted by Crippen LogP contribution is -2.27. The van der Waals surface area contributed by atoms with Gasteiger partial charge in [-0.2, -0.15) is 4.98 Å². The lowest BCUT2D eigenvalue weighted by Gasteiger charge is -2.11. The zero-order chi connectivity index (χ0) is 14.5. The summed E-state index contributed by atoms with van der Waals surface area (Å²) in [7, 11) is 1.97. The van der Waals surface area contributed by atoms with Crippen molar-refractivity contribution in [1.82, 2.24) is 15.5 Å². The smallest absolute Gasteiger partial charge is 0.228 e. The largest absolute Gasteiger partial charge is 0.339 e. The number of nitrogens with one attached hydrogen (secondary N) is 1. The number of hydrogen-bond acceptors (Lipinski definition) is 4. The summed E-state index contributed by atoms with van der Waals surface area (Å²) in [6, 6.07) is 6.46. The molecule has 1 aromatic carbocycles. The van der Waals surface area contributed by atoms with E-state index in [-0.39, 0.29) is 0 Å². The molecule has 1 heterocycles. The van der Waals surface area contributed by atoms with Crippen LogP contribution in [0, 0.1) is 6.92 Å². The molecule has 0 saturated heterocycles. The Morgan fingerprint density at radius 1 is 1.40 bits per heavy atom. The maximum atomic E-state index is 5.35. The Balaban J connectivity index is 2.13. The summed E-state index contributed by atoms with van der Waals surface area (Å²) in [6.07, 6.45) is 3.01. The lowest BCUT2D eigenvalue weighted by molar-refractivity contribution is 0.356. The van der Waals surface area contributed by atoms with Crippen molar-refractivity contribution in [2.75, 3.05) is 7.05 Å². The van der Waals surface area contributed by atoms with E-state index >= 15 is 0 Å². The van der Waals surface area contributed by atoms with Gasteiger partial charge in [0.05, 0.1) is 0 Å². The summed E-state index contributed by atoms with van der Waals surface area (Å²) in [5.74, 6) is 1.33. The van der Waals surface area contributed by atoms with Gasteiger partial charge in [-0.1, -0.05) is 46.6 Å². The van der Waals surface area contributed by atoms with E-state index in [4.69, 9.17) is 4.52 Å². The number of hydrogen-bond donors (Lipinski definition) is 1. The fraction of sp³-hybridized carbons (Fsp3) is 0.467. The van der Waals surface area contributed by atoms with Crippen molar-refractivity contribution in [1.29, 1.82) is 0 Å². The highest BCUT2D eigenvalue weighted by Gasteiger charge is 2.13. The van der Waals surface area contributed by atoms with Gasteiger partial charge >= 0.3 is 0 Å². The summed E-state index contributed by atoms with van der Waals surface area (Å²) < 4.78 is 6.41. The summed E-state index contributed by atoms with van der Waals surface area (Å²) in [5, 5.41) is 7.35. The van der Waals surface area contributed by atoms with Gasteiger partial charge in [-0.15, -0.1) is 0 Å². The molecule has 0 aliphatic rings. The first-order chi connectivity index (χ1) is 9.63. The molecule has 0 fully saturated rings. The first-order valence-electron chi connectivity index (χ1n) is 6.90. The van der Waals surface area contributed by atoms with E-state index in [2.05, 4.69) is 45.2 Å². The summed E-state index contributed by atoms with van der Waals surface area (Å²) in [5.41, 5.74) is 2.16. The molecule has 108 valence electrons. The van der Waals surface area contributed by atoms with Gasteiger partial charge in [0.25, 0.3) is 0 Å². The number of halogens is 1. The highest BCUT2D eigenvalue weighted by Crippen LogP contribution is 2.23. The van der Waals surface area contributed by atoms with Crippen molar-refractivity contribution in [3.63, 3.8) is 0 Å². The zero-order valence-corrected chi connectivity index (χ0v) is 13.7. The molecule has 4 nitrogen and oxygen atoms in total. The van der Waals surface area contributed by atoms with Crippen LogP contribution in [-0.4, -0.2) is 23.2 Å². The van der Waals surface area contributed by atoms with Crippen molar-refractivity contribution in [2.24, 2.45) is 0 Å². The molecule has 0 aliphatic carbocycles. The van der Waals surface area contributed by atoms with Crippen LogP contribution in [0.3, 0.4) is 0 Å². The fourth-order valence-corrected chi connectivity index (χ4v) is 2.47. The van der Waals surface area contributed by atoms with Crippen LogP contribution in [0.2, 0.25) is 0 Å². The quantitative estimate of drug-likeness (QED) is 0.872. The first kappa shape index (κ1) is 15.2. The predicted octanol–water partition coefficient (Wildman–Crippen LogP) is 3.74. The topological polar surface area (TPSA) is 51.0 Å². The Hall–Kier alpha value is -1.20. The van der Waals surface area contributed by atoms with Crippen molar-refractivity contribution in [2.45, 2.75) is 39.2 Å². The molecule has 1 N–H and O–H groups in total. The van der Waals surface area contributed by atoms with Crippen LogP contribution in [0.1, 0.15) is 31.2 Å². The van der Waals surface area contributed by atoms with Crippen LogP contribution in [-0.2, 0) is 6.42 Å². The molecule has 0 bridgehead atoms. The third kappa shape index (κ3) is 3.67. The van der Waals surface area contributed by atoms with E-state index in [1.807, 2.05) is 25.2 Å². The van der Waals surface area contributed by atoms with Gasteiger partial charge in [-0.05, 0) is 32.0 Å². The van der Waals surface area contributed by atoms with Gasteiger partial charge in [0.1, 0.15) is 0 Å². The average molecular weight is 338 g/mol. The molecular weight excluding hydrogens is 318 g/mol. The van der Waals surface area contributed by atoms with E-state index in [1.54, 1.807) is 0 Å². The summed E-state index contributed by atoms with van der Waals surface area (Å²) >= 11 is 3.53. The van der Waals surface area contributed by atoms with Gasteiger partial charge in [-0.3, -0.25) is 0 Å². The molecule has 0 saturated carbocycles. The molecule has 1 atom stereocenters. The molecule has 0 aliphatic heterocycles. The predicted molar refractivity (Wildman–Crippen MR) is 83.6 cm³/mol. The molecule has 1 unspecified atom stereocenters. The van der Waals surface area contributed by atoms with Crippen LogP contribution < -0.4 is 5.32 Å². The Bertz CT molecular complexity index is 568. The molecule has 0 radical (unpaired) electrons. The first-order valence-corrected chi connectivity index (χ1v) is 7.69. The minimum Gasteiger partial charge on any atom is -0.339 e. The molecule has 20 heavy (non-hydrogen) atoms. The van der Waals surface area contributed by atoms with Crippen molar-refractivity contribution in [3.05, 3.63) is 34.1 Å². The number of rotatable bonds is 6. The van der Waals surface area contributed by atoms with Crippen molar-refractivity contribution in [3.8, 4) is 11.4 Å². The van der Waals surface area contributed by atoms with Crippen LogP contribution >= 0.6 is 15.9 Å². The Morgan fingerprint density at radius 2 is 2.20 bits per heavy atom. The number of aryl methyl sites for hydroxylation is 1. The third-order valence-corrected chi connectivity index (χ3v) is 4.22. The van der Waals surface area contributed by atoms with Gasteiger partial charge in [0, 0.05) is 22.5 Å². The number of likely N-dealkylation sites (N-methyl/N-ethyl adjacent to an activating group) is 1. The van der Waals surface area contributed by atoms with Crippen molar-refractivity contribution < 1.29 is 4.52 Å². The minimum atomic E-state index is 0.387. The maximum Gasteiger partial charge on any atom is 0.228 e. The Labute approximate surface area is 128 Å². The van der Waals surface area contributed by atoms with E-state index < -0.39 is 0 Å². The highest BCUT2D eigenvalue weighted by molar-refractivity contribution is 9.10. The minimum absolute atomic E-state index is 0.387. The monoisotopic (exact) mass is 337 g/mol. The van der Waals surface area contributed by atoms with Crippen LogP contribution in [0.4, 0.5) is 0 Å². The van der Waals surface area contributed by atoms with Crippen LogP contribution in [0.25, 0.3) is 11.4 Å². The fourth-order valence-electron chi connectivity index (χ4n) is 2.09. The van der Waals surface area contributed by atoms with Gasteiger partial charge in [0.2, 0.25) is 11.7 Å².